The third kappa shape index (κ3) is 6.76. The number of alkyl halides is 3. The van der Waals surface area contributed by atoms with Gasteiger partial charge in [-0.3, -0.25) is 14.6 Å². The van der Waals surface area contributed by atoms with E-state index in [1.165, 1.54) is 0 Å². The van der Waals surface area contributed by atoms with Crippen LogP contribution in [0.25, 0.3) is 11.6 Å². The molecule has 3 heterocycles. The number of rotatable bonds is 5. The van der Waals surface area contributed by atoms with Crippen LogP contribution in [0.15, 0.2) is 42.6 Å². The largest absolute Gasteiger partial charge is 0.490 e. The molecule has 1 aliphatic heterocycles. The van der Waals surface area contributed by atoms with Gasteiger partial charge in [0.1, 0.15) is 0 Å². The van der Waals surface area contributed by atoms with Gasteiger partial charge in [-0.05, 0) is 55.8 Å². The molecule has 1 aromatic carbocycles. The number of fused-ring (bicyclic) bond motifs is 1. The van der Waals surface area contributed by atoms with Crippen LogP contribution in [0.1, 0.15) is 38.6 Å². The van der Waals surface area contributed by atoms with Crippen molar-refractivity contribution in [1.29, 1.82) is 0 Å². The number of aryl methyl sites for hydroxylation is 1. The number of carboxylic acids is 1. The summed E-state index contributed by atoms with van der Waals surface area (Å²) in [6.07, 6.45) is -0.921. The van der Waals surface area contributed by atoms with Crippen LogP contribution in [0.5, 0.6) is 0 Å². The zero-order valence-electron chi connectivity index (χ0n) is 19.7. The highest BCUT2D eigenvalue weighted by Gasteiger charge is 2.38. The van der Waals surface area contributed by atoms with Crippen molar-refractivity contribution in [3.05, 3.63) is 81.4 Å². The van der Waals surface area contributed by atoms with Gasteiger partial charge in [-0.1, -0.05) is 17.7 Å². The molecule has 0 spiro atoms. The Balaban J connectivity index is 0.000000479. The van der Waals surface area contributed by atoms with Gasteiger partial charge in [0.05, 0.1) is 11.1 Å². The number of carboxylic acid groups (broad SMARTS) is 1. The molecular formula is C25H22ClF3N4O4. The molecule has 12 heteroatoms. The molecule has 37 heavy (non-hydrogen) atoms. The van der Waals surface area contributed by atoms with Gasteiger partial charge in [-0.2, -0.15) is 13.2 Å². The fraction of sp³-hybridized carbons (Fsp3) is 0.200. The van der Waals surface area contributed by atoms with Gasteiger partial charge in [0.25, 0.3) is 11.8 Å². The van der Waals surface area contributed by atoms with Crippen LogP contribution in [0, 0.1) is 13.8 Å². The topological polar surface area (TPSA) is 124 Å². The van der Waals surface area contributed by atoms with Crippen LogP contribution in [0.3, 0.4) is 0 Å². The molecule has 194 valence electrons. The minimum absolute atomic E-state index is 0.152. The van der Waals surface area contributed by atoms with E-state index in [1.807, 2.05) is 32.0 Å². The zero-order chi connectivity index (χ0) is 27.3. The molecule has 3 aromatic rings. The number of aromatic nitrogens is 2. The Labute approximate surface area is 214 Å². The number of benzene rings is 1. The van der Waals surface area contributed by atoms with E-state index >= 15 is 0 Å². The van der Waals surface area contributed by atoms with Crippen molar-refractivity contribution in [2.24, 2.45) is 0 Å². The van der Waals surface area contributed by atoms with E-state index in [0.717, 1.165) is 33.9 Å². The summed E-state index contributed by atoms with van der Waals surface area (Å²) in [7, 11) is 0. The summed E-state index contributed by atoms with van der Waals surface area (Å²) >= 11 is 6.10. The van der Waals surface area contributed by atoms with Crippen LogP contribution in [-0.4, -0.2) is 45.6 Å². The van der Waals surface area contributed by atoms with Crippen molar-refractivity contribution < 1.29 is 32.7 Å². The number of halogens is 4. The summed E-state index contributed by atoms with van der Waals surface area (Å²) in [6, 6.07) is 11.0. The summed E-state index contributed by atoms with van der Waals surface area (Å²) in [5, 5.41) is 13.5. The number of carbonyl (C=O) groups excluding carboxylic acids is 2. The van der Waals surface area contributed by atoms with Gasteiger partial charge in [0, 0.05) is 52.5 Å². The highest BCUT2D eigenvalue weighted by molar-refractivity contribution is 6.36. The third-order valence-corrected chi connectivity index (χ3v) is 5.63. The lowest BCUT2D eigenvalue weighted by molar-refractivity contribution is -0.192. The van der Waals surface area contributed by atoms with Gasteiger partial charge in [0.15, 0.2) is 0 Å². The molecule has 0 atom stereocenters. The van der Waals surface area contributed by atoms with Crippen molar-refractivity contribution in [3.8, 4) is 0 Å². The number of nitrogens with one attached hydrogen (secondary N) is 3. The monoisotopic (exact) mass is 534 g/mol. The van der Waals surface area contributed by atoms with E-state index < -0.39 is 12.1 Å². The Hall–Kier alpha value is -4.12. The molecule has 0 bridgehead atoms. The first-order valence-electron chi connectivity index (χ1n) is 10.9. The Bertz CT molecular complexity index is 1370. The number of pyridine rings is 1. The second kappa shape index (κ2) is 11.3. The standard InChI is InChI=1S/C23H21ClN4O2.C2HF3O2/c1-13-20(12-18-17-11-15(24)6-7-19(17)28-22(18)29)27-14(2)21(13)23(30)26-10-8-16-5-3-4-9-25-16;3-2(4,5)1(6)7/h3-7,9,11-12,27H,8,10H2,1-2H3,(H,26,30)(H,28,29);(H,6,7)/b18-12-;. The van der Waals surface area contributed by atoms with Gasteiger partial charge in [-0.25, -0.2) is 4.79 Å². The fourth-order valence-corrected chi connectivity index (χ4v) is 3.82. The molecule has 0 saturated heterocycles. The Morgan fingerprint density at radius 2 is 1.89 bits per heavy atom. The van der Waals surface area contributed by atoms with Crippen LogP contribution in [-0.2, 0) is 16.0 Å². The van der Waals surface area contributed by atoms with Crippen molar-refractivity contribution in [1.82, 2.24) is 15.3 Å². The highest BCUT2D eigenvalue weighted by Crippen LogP contribution is 2.35. The number of H-pyrrole nitrogens is 1. The summed E-state index contributed by atoms with van der Waals surface area (Å²) in [5.74, 6) is -3.10. The Morgan fingerprint density at radius 3 is 2.51 bits per heavy atom. The van der Waals surface area contributed by atoms with Crippen molar-refractivity contribution in [2.75, 3.05) is 11.9 Å². The zero-order valence-corrected chi connectivity index (χ0v) is 20.4. The first-order chi connectivity index (χ1) is 17.4. The summed E-state index contributed by atoms with van der Waals surface area (Å²) in [4.78, 5) is 41.6. The van der Waals surface area contributed by atoms with E-state index in [9.17, 15) is 22.8 Å². The van der Waals surface area contributed by atoms with E-state index in [4.69, 9.17) is 21.5 Å². The molecule has 1 aliphatic rings. The highest BCUT2D eigenvalue weighted by atomic mass is 35.5. The first-order valence-corrected chi connectivity index (χ1v) is 11.3. The van der Waals surface area contributed by atoms with Crippen molar-refractivity contribution in [2.45, 2.75) is 26.4 Å². The predicted octanol–water partition coefficient (Wildman–Crippen LogP) is 4.78. The molecule has 2 aromatic heterocycles. The third-order valence-electron chi connectivity index (χ3n) is 5.39. The molecule has 4 N–H and O–H groups in total. The smallest absolute Gasteiger partial charge is 0.475 e. The minimum atomic E-state index is -5.08. The lowest BCUT2D eigenvalue weighted by Crippen LogP contribution is -2.26. The van der Waals surface area contributed by atoms with Crippen molar-refractivity contribution in [3.63, 3.8) is 0 Å². The normalized spacial score (nSPS) is 13.5. The molecule has 0 aliphatic carbocycles. The average Bonchev–Trinajstić information content (AvgIpc) is 3.28. The maximum Gasteiger partial charge on any atom is 0.490 e. The van der Waals surface area contributed by atoms with E-state index in [1.54, 1.807) is 30.5 Å². The SMILES string of the molecule is Cc1[nH]c(/C=C2\C(=O)Nc3ccc(Cl)cc32)c(C)c1C(=O)NCCc1ccccn1.O=C(O)C(F)(F)F. The number of nitrogens with zero attached hydrogens (tertiary/aromatic N) is 1. The maximum absolute atomic E-state index is 12.8. The van der Waals surface area contributed by atoms with E-state index in [2.05, 4.69) is 20.6 Å². The minimum Gasteiger partial charge on any atom is -0.475 e. The summed E-state index contributed by atoms with van der Waals surface area (Å²) in [6.45, 7) is 4.21. The van der Waals surface area contributed by atoms with Crippen LogP contribution in [0.2, 0.25) is 5.02 Å². The van der Waals surface area contributed by atoms with E-state index in [0.29, 0.717) is 29.1 Å². The molecule has 0 radical (unpaired) electrons. The predicted molar refractivity (Wildman–Crippen MR) is 132 cm³/mol. The number of anilines is 1. The second-order valence-corrected chi connectivity index (χ2v) is 8.43. The van der Waals surface area contributed by atoms with Gasteiger partial charge >= 0.3 is 12.1 Å². The maximum atomic E-state index is 12.8. The van der Waals surface area contributed by atoms with Crippen LogP contribution in [0.4, 0.5) is 18.9 Å². The van der Waals surface area contributed by atoms with Gasteiger partial charge < -0.3 is 20.7 Å². The molecule has 8 nitrogen and oxygen atoms in total. The molecule has 0 fully saturated rings. The first kappa shape index (κ1) is 27.5. The molecule has 2 amide bonds. The second-order valence-electron chi connectivity index (χ2n) is 8.00. The van der Waals surface area contributed by atoms with Crippen LogP contribution >= 0.6 is 11.6 Å². The number of aliphatic carboxylic acids is 1. The van der Waals surface area contributed by atoms with Crippen LogP contribution < -0.4 is 10.6 Å². The summed E-state index contributed by atoms with van der Waals surface area (Å²) < 4.78 is 31.7. The van der Waals surface area contributed by atoms with Crippen molar-refractivity contribution >= 4 is 46.7 Å². The van der Waals surface area contributed by atoms with Gasteiger partial charge in [0.2, 0.25) is 0 Å². The number of hydrogen-bond donors (Lipinski definition) is 4. The number of hydrogen-bond acceptors (Lipinski definition) is 4. The Kier molecular flexibility index (Phi) is 8.38. The molecule has 0 saturated carbocycles. The number of carbonyl (C=O) groups is 3. The molecule has 4 rings (SSSR count). The van der Waals surface area contributed by atoms with Gasteiger partial charge in [-0.15, -0.1) is 0 Å². The number of aromatic amines is 1. The fourth-order valence-electron chi connectivity index (χ4n) is 3.65. The molecule has 0 unspecified atom stereocenters. The Morgan fingerprint density at radius 1 is 1.19 bits per heavy atom. The average molecular weight is 535 g/mol. The van der Waals surface area contributed by atoms with E-state index in [-0.39, 0.29) is 11.8 Å². The molecular weight excluding hydrogens is 513 g/mol. The lowest BCUT2D eigenvalue weighted by Gasteiger charge is -2.06. The summed E-state index contributed by atoms with van der Waals surface area (Å²) in [5.41, 5.74) is 5.77. The quantitative estimate of drug-likeness (QED) is 0.351. The number of amides is 2. The lowest BCUT2D eigenvalue weighted by atomic mass is 10.0.